The smallest absolute Gasteiger partial charge is 0.229 e. The molecule has 2 nitrogen and oxygen atoms in total. The largest absolute Gasteiger partial charge is 0.460 e. The fourth-order valence-electron chi connectivity index (χ4n) is 1.45. The number of halogens is 2. The van der Waals surface area contributed by atoms with Crippen LogP contribution in [0.3, 0.4) is 0 Å². The van der Waals surface area contributed by atoms with Gasteiger partial charge in [-0.1, -0.05) is 15.9 Å². The highest BCUT2D eigenvalue weighted by Gasteiger charge is 2.16. The lowest BCUT2D eigenvalue weighted by atomic mass is 10.1. The molecule has 0 N–H and O–H groups in total. The minimum absolute atomic E-state index is 0.124. The number of carbonyl (C=O) groups excluding carboxylic acids is 1. The average Bonchev–Trinajstić information content (AvgIpc) is 2.62. The maximum Gasteiger partial charge on any atom is 0.229 e. The predicted molar refractivity (Wildman–Crippen MR) is 68.7 cm³/mol. The second-order valence-corrected chi connectivity index (χ2v) is 5.21. The third-order valence-corrected chi connectivity index (χ3v) is 3.21. The lowest BCUT2D eigenvalue weighted by Crippen LogP contribution is -2.00. The third kappa shape index (κ3) is 2.28. The molecular formula is C12H8Br2O2. The number of aryl methyl sites for hydroxylation is 1. The van der Waals surface area contributed by atoms with Gasteiger partial charge in [0.1, 0.15) is 0 Å². The Morgan fingerprint density at radius 3 is 2.56 bits per heavy atom. The van der Waals surface area contributed by atoms with Gasteiger partial charge in [0.2, 0.25) is 5.78 Å². The highest BCUT2D eigenvalue weighted by atomic mass is 79.9. The zero-order valence-electron chi connectivity index (χ0n) is 8.46. The number of hydrogen-bond acceptors (Lipinski definition) is 2. The van der Waals surface area contributed by atoms with Crippen molar-refractivity contribution >= 4 is 37.6 Å². The van der Waals surface area contributed by atoms with Crippen molar-refractivity contribution in [2.24, 2.45) is 0 Å². The van der Waals surface area contributed by atoms with Crippen LogP contribution in [-0.2, 0) is 0 Å². The van der Waals surface area contributed by atoms with E-state index in [-0.39, 0.29) is 5.78 Å². The van der Waals surface area contributed by atoms with E-state index in [0.717, 1.165) is 10.0 Å². The van der Waals surface area contributed by atoms with E-state index >= 15 is 0 Å². The van der Waals surface area contributed by atoms with Crippen LogP contribution in [0.4, 0.5) is 0 Å². The molecule has 0 aliphatic carbocycles. The van der Waals surface area contributed by atoms with Crippen LogP contribution < -0.4 is 0 Å². The predicted octanol–water partition coefficient (Wildman–Crippen LogP) is 4.34. The van der Waals surface area contributed by atoms with E-state index in [4.69, 9.17) is 4.42 Å². The Morgan fingerprint density at radius 2 is 2.00 bits per heavy atom. The maximum absolute atomic E-state index is 12.1. The van der Waals surface area contributed by atoms with Crippen molar-refractivity contribution in [1.82, 2.24) is 0 Å². The molecule has 4 heteroatoms. The summed E-state index contributed by atoms with van der Waals surface area (Å²) in [5.74, 6) is 0.207. The summed E-state index contributed by atoms with van der Waals surface area (Å²) in [6.07, 6.45) is 1.49. The molecule has 82 valence electrons. The summed E-state index contributed by atoms with van der Waals surface area (Å²) < 4.78 is 6.71. The summed E-state index contributed by atoms with van der Waals surface area (Å²) in [6.45, 7) is 1.94. The van der Waals surface area contributed by atoms with Crippen molar-refractivity contribution in [3.63, 3.8) is 0 Å². The minimum Gasteiger partial charge on any atom is -0.460 e. The molecule has 0 aliphatic rings. The molecule has 0 saturated carbocycles. The molecular weight excluding hydrogens is 336 g/mol. The van der Waals surface area contributed by atoms with Gasteiger partial charge in [0.25, 0.3) is 0 Å². The second kappa shape index (κ2) is 4.55. The molecule has 1 aromatic heterocycles. The van der Waals surface area contributed by atoms with Crippen LogP contribution in [-0.4, -0.2) is 5.78 Å². The number of hydrogen-bond donors (Lipinski definition) is 0. The normalized spacial score (nSPS) is 10.4. The molecule has 0 saturated heterocycles. The quantitative estimate of drug-likeness (QED) is 0.759. The molecule has 1 heterocycles. The van der Waals surface area contributed by atoms with E-state index in [9.17, 15) is 4.79 Å². The van der Waals surface area contributed by atoms with E-state index in [2.05, 4.69) is 31.9 Å². The number of rotatable bonds is 2. The SMILES string of the molecule is Cc1cc(Br)cc(C(=O)c2occc2Br)c1. The molecule has 0 aliphatic heterocycles. The number of ketones is 1. The highest BCUT2D eigenvalue weighted by Crippen LogP contribution is 2.23. The Labute approximate surface area is 110 Å². The van der Waals surface area contributed by atoms with Crippen molar-refractivity contribution < 1.29 is 9.21 Å². The second-order valence-electron chi connectivity index (χ2n) is 3.44. The van der Waals surface area contributed by atoms with Crippen LogP contribution in [0.25, 0.3) is 0 Å². The van der Waals surface area contributed by atoms with Crippen LogP contribution in [0.2, 0.25) is 0 Å². The van der Waals surface area contributed by atoms with Gasteiger partial charge in [0, 0.05) is 10.0 Å². The first kappa shape index (κ1) is 11.6. The molecule has 0 fully saturated rings. The van der Waals surface area contributed by atoms with Gasteiger partial charge in [0.15, 0.2) is 5.76 Å². The Morgan fingerprint density at radius 1 is 1.25 bits per heavy atom. The minimum atomic E-state index is -0.124. The van der Waals surface area contributed by atoms with Gasteiger partial charge < -0.3 is 4.42 Å². The van der Waals surface area contributed by atoms with Gasteiger partial charge in [-0.2, -0.15) is 0 Å². The monoisotopic (exact) mass is 342 g/mol. The van der Waals surface area contributed by atoms with Crippen molar-refractivity contribution in [3.05, 3.63) is 56.4 Å². The van der Waals surface area contributed by atoms with Crippen molar-refractivity contribution in [1.29, 1.82) is 0 Å². The summed E-state index contributed by atoms with van der Waals surface area (Å²) in [6, 6.07) is 7.28. The fourth-order valence-corrected chi connectivity index (χ4v) is 2.44. The Kier molecular flexibility index (Phi) is 3.30. The van der Waals surface area contributed by atoms with Crippen molar-refractivity contribution in [2.45, 2.75) is 6.92 Å². The molecule has 2 rings (SSSR count). The Bertz CT molecular complexity index is 523. The average molecular weight is 344 g/mol. The van der Waals surface area contributed by atoms with E-state index in [1.807, 2.05) is 19.1 Å². The third-order valence-electron chi connectivity index (χ3n) is 2.13. The van der Waals surface area contributed by atoms with E-state index < -0.39 is 0 Å². The molecule has 1 aromatic carbocycles. The van der Waals surface area contributed by atoms with Crippen molar-refractivity contribution in [3.8, 4) is 0 Å². The van der Waals surface area contributed by atoms with E-state index in [1.165, 1.54) is 6.26 Å². The first-order valence-electron chi connectivity index (χ1n) is 4.63. The summed E-state index contributed by atoms with van der Waals surface area (Å²) in [5, 5.41) is 0. The topological polar surface area (TPSA) is 30.2 Å². The van der Waals surface area contributed by atoms with Gasteiger partial charge in [-0.15, -0.1) is 0 Å². The summed E-state index contributed by atoms with van der Waals surface area (Å²) in [7, 11) is 0. The first-order chi connectivity index (χ1) is 7.58. The van der Waals surface area contributed by atoms with E-state index in [1.54, 1.807) is 12.1 Å². The van der Waals surface area contributed by atoms with Gasteiger partial charge in [-0.3, -0.25) is 4.79 Å². The zero-order chi connectivity index (χ0) is 11.7. The van der Waals surface area contributed by atoms with Crippen molar-refractivity contribution in [2.75, 3.05) is 0 Å². The lowest BCUT2D eigenvalue weighted by Gasteiger charge is -2.01. The molecule has 16 heavy (non-hydrogen) atoms. The van der Waals surface area contributed by atoms with Crippen LogP contribution in [0.5, 0.6) is 0 Å². The standard InChI is InChI=1S/C12H8Br2O2/c1-7-4-8(6-9(13)5-7)11(15)12-10(14)2-3-16-12/h2-6H,1H3. The van der Waals surface area contributed by atoms with Crippen LogP contribution in [0, 0.1) is 6.92 Å². The molecule has 0 amide bonds. The molecule has 0 atom stereocenters. The molecule has 2 aromatic rings. The lowest BCUT2D eigenvalue weighted by molar-refractivity contribution is 0.101. The Hall–Kier alpha value is -0.870. The highest BCUT2D eigenvalue weighted by molar-refractivity contribution is 9.10. The van der Waals surface area contributed by atoms with Gasteiger partial charge >= 0.3 is 0 Å². The molecule has 0 spiro atoms. The fraction of sp³-hybridized carbons (Fsp3) is 0.0833. The zero-order valence-corrected chi connectivity index (χ0v) is 11.6. The number of carbonyl (C=O) groups is 1. The maximum atomic E-state index is 12.1. The molecule has 0 unspecified atom stereocenters. The summed E-state index contributed by atoms with van der Waals surface area (Å²) in [4.78, 5) is 12.1. The van der Waals surface area contributed by atoms with E-state index in [0.29, 0.717) is 15.8 Å². The van der Waals surface area contributed by atoms with Crippen LogP contribution >= 0.6 is 31.9 Å². The van der Waals surface area contributed by atoms with Crippen LogP contribution in [0.15, 0.2) is 43.9 Å². The van der Waals surface area contributed by atoms with Gasteiger partial charge in [0.05, 0.1) is 10.7 Å². The van der Waals surface area contributed by atoms with Gasteiger partial charge in [-0.25, -0.2) is 0 Å². The number of benzene rings is 1. The first-order valence-corrected chi connectivity index (χ1v) is 6.21. The summed E-state index contributed by atoms with van der Waals surface area (Å²) >= 11 is 6.64. The molecule has 0 bridgehead atoms. The molecule has 0 radical (unpaired) electrons. The van der Waals surface area contributed by atoms with Gasteiger partial charge in [-0.05, 0) is 52.7 Å². The Balaban J connectivity index is 2.45. The van der Waals surface area contributed by atoms with Crippen LogP contribution in [0.1, 0.15) is 21.7 Å². The summed E-state index contributed by atoms with van der Waals surface area (Å²) in [5.41, 5.74) is 1.64. The number of furan rings is 1.